The van der Waals surface area contributed by atoms with Crippen LogP contribution in [0.3, 0.4) is 0 Å². The van der Waals surface area contributed by atoms with Gasteiger partial charge in [-0.1, -0.05) is 0 Å². The van der Waals surface area contributed by atoms with Crippen LogP contribution in [-0.4, -0.2) is 22.8 Å². The Hall–Kier alpha value is -2.35. The number of rotatable bonds is 3. The molecule has 1 saturated carbocycles. The van der Waals surface area contributed by atoms with E-state index in [1.165, 1.54) is 0 Å². The van der Waals surface area contributed by atoms with Crippen molar-refractivity contribution in [3.05, 3.63) is 29.3 Å². The first kappa shape index (κ1) is 11.7. The molecule has 5 heteroatoms. The van der Waals surface area contributed by atoms with Crippen molar-refractivity contribution in [2.24, 2.45) is 0 Å². The van der Waals surface area contributed by atoms with Gasteiger partial charge in [0.25, 0.3) is 5.91 Å². The summed E-state index contributed by atoms with van der Waals surface area (Å²) in [5.74, 6) is -0.238. The predicted octanol–water partition coefficient (Wildman–Crippen LogP) is 1.66. The van der Waals surface area contributed by atoms with Gasteiger partial charge in [-0.05, 0) is 36.6 Å². The van der Waals surface area contributed by atoms with Crippen LogP contribution in [-0.2, 0) is 11.3 Å². The average molecular weight is 255 g/mol. The van der Waals surface area contributed by atoms with E-state index < -0.39 is 0 Å². The summed E-state index contributed by atoms with van der Waals surface area (Å²) < 4.78 is 0. The molecule has 0 unspecified atom stereocenters. The highest BCUT2D eigenvalue weighted by molar-refractivity contribution is 6.00. The summed E-state index contributed by atoms with van der Waals surface area (Å²) in [7, 11) is 0. The van der Waals surface area contributed by atoms with E-state index in [-0.39, 0.29) is 18.2 Å². The molecule has 2 amide bonds. The van der Waals surface area contributed by atoms with Crippen LogP contribution >= 0.6 is 0 Å². The first-order valence-electron chi connectivity index (χ1n) is 6.30. The minimum Gasteiger partial charge on any atom is -0.331 e. The predicted molar refractivity (Wildman–Crippen MR) is 68.2 cm³/mol. The fraction of sp³-hybridized carbons (Fsp3) is 0.357. The van der Waals surface area contributed by atoms with Crippen LogP contribution in [0.25, 0.3) is 0 Å². The topological polar surface area (TPSA) is 73.2 Å². The third kappa shape index (κ3) is 2.17. The summed E-state index contributed by atoms with van der Waals surface area (Å²) in [4.78, 5) is 25.4. The Morgan fingerprint density at radius 1 is 1.47 bits per heavy atom. The number of nitrogens with zero attached hydrogens (tertiary/aromatic N) is 2. The molecule has 19 heavy (non-hydrogen) atoms. The molecule has 1 aliphatic heterocycles. The third-order valence-corrected chi connectivity index (χ3v) is 3.45. The second-order valence-corrected chi connectivity index (χ2v) is 4.92. The van der Waals surface area contributed by atoms with Gasteiger partial charge in [-0.3, -0.25) is 9.59 Å². The zero-order valence-electron chi connectivity index (χ0n) is 10.3. The van der Waals surface area contributed by atoms with Crippen LogP contribution in [0.1, 0.15) is 35.2 Å². The minimum atomic E-state index is -0.328. The van der Waals surface area contributed by atoms with E-state index in [4.69, 9.17) is 5.26 Å². The third-order valence-electron chi connectivity index (χ3n) is 3.45. The zero-order chi connectivity index (χ0) is 13.4. The first-order valence-corrected chi connectivity index (χ1v) is 6.30. The van der Waals surface area contributed by atoms with Crippen LogP contribution in [0.15, 0.2) is 18.2 Å². The number of nitrogens with one attached hydrogen (secondary N) is 1. The second kappa shape index (κ2) is 4.39. The Kier molecular flexibility index (Phi) is 2.71. The number of carbonyl (C=O) groups is 2. The lowest BCUT2D eigenvalue weighted by molar-refractivity contribution is -0.115. The Morgan fingerprint density at radius 2 is 2.26 bits per heavy atom. The molecule has 1 aliphatic carbocycles. The van der Waals surface area contributed by atoms with Crippen molar-refractivity contribution in [1.82, 2.24) is 4.90 Å². The molecule has 0 atom stereocenters. The fourth-order valence-corrected chi connectivity index (χ4v) is 2.38. The summed E-state index contributed by atoms with van der Waals surface area (Å²) in [6.07, 6.45) is 2.02. The molecule has 1 heterocycles. The van der Waals surface area contributed by atoms with E-state index in [0.717, 1.165) is 24.0 Å². The van der Waals surface area contributed by atoms with Crippen molar-refractivity contribution in [3.8, 4) is 6.07 Å². The van der Waals surface area contributed by atoms with Crippen LogP contribution < -0.4 is 5.32 Å². The molecule has 1 aromatic rings. The summed E-state index contributed by atoms with van der Waals surface area (Å²) in [6, 6.07) is 7.49. The van der Waals surface area contributed by atoms with Crippen LogP contribution in [0.4, 0.5) is 5.69 Å². The molecule has 5 nitrogen and oxygen atoms in total. The monoisotopic (exact) mass is 255 g/mol. The molecule has 0 aromatic heterocycles. The van der Waals surface area contributed by atoms with Crippen LogP contribution in [0, 0.1) is 11.3 Å². The summed E-state index contributed by atoms with van der Waals surface area (Å²) in [5, 5.41) is 11.1. The van der Waals surface area contributed by atoms with Crippen molar-refractivity contribution < 1.29 is 9.59 Å². The molecular weight excluding hydrogens is 242 g/mol. The minimum absolute atomic E-state index is 0.0902. The van der Waals surface area contributed by atoms with Gasteiger partial charge < -0.3 is 10.2 Å². The maximum Gasteiger partial charge on any atom is 0.254 e. The second-order valence-electron chi connectivity index (χ2n) is 4.92. The normalized spacial score (nSPS) is 17.0. The Bertz CT molecular complexity index is 599. The number of hydrogen-bond donors (Lipinski definition) is 1. The van der Waals surface area contributed by atoms with E-state index in [0.29, 0.717) is 18.3 Å². The largest absolute Gasteiger partial charge is 0.331 e. The number of amides is 2. The van der Waals surface area contributed by atoms with Gasteiger partial charge in [0.2, 0.25) is 5.91 Å². The van der Waals surface area contributed by atoms with Gasteiger partial charge in [0.05, 0.1) is 6.07 Å². The quantitative estimate of drug-likeness (QED) is 0.892. The average Bonchev–Trinajstić information content (AvgIpc) is 3.16. The number of nitriles is 1. The maximum absolute atomic E-state index is 12.1. The molecule has 2 aliphatic rings. The highest BCUT2D eigenvalue weighted by atomic mass is 16.2. The molecule has 0 spiro atoms. The van der Waals surface area contributed by atoms with Crippen LogP contribution in [0.2, 0.25) is 0 Å². The maximum atomic E-state index is 12.1. The molecule has 1 aromatic carbocycles. The zero-order valence-corrected chi connectivity index (χ0v) is 10.3. The lowest BCUT2D eigenvalue weighted by Crippen LogP contribution is -2.25. The van der Waals surface area contributed by atoms with Gasteiger partial charge in [0.1, 0.15) is 6.42 Å². The molecule has 0 radical (unpaired) electrons. The number of hydrogen-bond acceptors (Lipinski definition) is 3. The summed E-state index contributed by atoms with van der Waals surface area (Å²) >= 11 is 0. The number of benzene rings is 1. The lowest BCUT2D eigenvalue weighted by Gasteiger charge is -2.13. The fourth-order valence-electron chi connectivity index (χ4n) is 2.38. The van der Waals surface area contributed by atoms with E-state index in [2.05, 4.69) is 5.32 Å². The highest BCUT2D eigenvalue weighted by Gasteiger charge is 2.38. The summed E-state index contributed by atoms with van der Waals surface area (Å²) in [5.41, 5.74) is 2.32. The van der Waals surface area contributed by atoms with Gasteiger partial charge in [-0.2, -0.15) is 5.26 Å². The standard InChI is InChI=1S/C14H13N3O2/c15-6-5-13(18)16-10-1-4-12-9(7-10)8-17(14(12)19)11-2-3-11/h1,4,7,11H,2-3,5,8H2,(H,16,18). The molecular formula is C14H13N3O2. The molecule has 1 fully saturated rings. The van der Waals surface area contributed by atoms with Gasteiger partial charge in [0, 0.05) is 23.8 Å². The smallest absolute Gasteiger partial charge is 0.254 e. The van der Waals surface area contributed by atoms with Crippen molar-refractivity contribution in [3.63, 3.8) is 0 Å². The molecule has 0 saturated heterocycles. The van der Waals surface area contributed by atoms with E-state index in [1.54, 1.807) is 18.2 Å². The van der Waals surface area contributed by atoms with Crippen molar-refractivity contribution in [2.45, 2.75) is 31.8 Å². The first-order chi connectivity index (χ1) is 9.19. The highest BCUT2D eigenvalue weighted by Crippen LogP contribution is 2.35. The van der Waals surface area contributed by atoms with Gasteiger partial charge in [0.15, 0.2) is 0 Å². The number of fused-ring (bicyclic) bond motifs is 1. The number of carbonyl (C=O) groups excluding carboxylic acids is 2. The molecule has 1 N–H and O–H groups in total. The van der Waals surface area contributed by atoms with Gasteiger partial charge >= 0.3 is 0 Å². The van der Waals surface area contributed by atoms with E-state index in [1.807, 2.05) is 11.0 Å². The summed E-state index contributed by atoms with van der Waals surface area (Å²) in [6.45, 7) is 0.626. The Balaban J connectivity index is 1.79. The Morgan fingerprint density at radius 3 is 2.95 bits per heavy atom. The Labute approximate surface area is 110 Å². The van der Waals surface area contributed by atoms with Crippen molar-refractivity contribution in [2.75, 3.05) is 5.32 Å². The molecule has 0 bridgehead atoms. The van der Waals surface area contributed by atoms with E-state index in [9.17, 15) is 9.59 Å². The van der Waals surface area contributed by atoms with E-state index >= 15 is 0 Å². The number of anilines is 1. The van der Waals surface area contributed by atoms with Gasteiger partial charge in [-0.25, -0.2) is 0 Å². The van der Waals surface area contributed by atoms with Crippen molar-refractivity contribution >= 4 is 17.5 Å². The molecule has 96 valence electrons. The SMILES string of the molecule is N#CCC(=O)Nc1ccc2c(c1)CN(C1CC1)C2=O. The van der Waals surface area contributed by atoms with Gasteiger partial charge in [-0.15, -0.1) is 0 Å². The lowest BCUT2D eigenvalue weighted by atomic mass is 10.1. The van der Waals surface area contributed by atoms with Crippen molar-refractivity contribution in [1.29, 1.82) is 5.26 Å². The van der Waals surface area contributed by atoms with Crippen LogP contribution in [0.5, 0.6) is 0 Å². The molecule has 3 rings (SSSR count).